The van der Waals surface area contributed by atoms with E-state index < -0.39 is 40.1 Å². The van der Waals surface area contributed by atoms with Gasteiger partial charge in [0, 0.05) is 11.6 Å². The molecule has 0 saturated carbocycles. The van der Waals surface area contributed by atoms with E-state index in [2.05, 4.69) is 9.97 Å². The van der Waals surface area contributed by atoms with E-state index in [0.29, 0.717) is 0 Å². The van der Waals surface area contributed by atoms with E-state index >= 15 is 0 Å². The van der Waals surface area contributed by atoms with Crippen LogP contribution in [0.4, 0.5) is 8.78 Å². The Morgan fingerprint density at radius 1 is 1.08 bits per heavy atom. The maximum Gasteiger partial charge on any atom is 0.210 e. The zero-order valence-electron chi connectivity index (χ0n) is 13.6. The monoisotopic (exact) mass is 386 g/mol. The SMILES string of the molecule is CC(C(=O)c1nc(Cl)cc(Cl)n1)C(=O)C(C)(C)c1c(F)cccc1F. The predicted molar refractivity (Wildman–Crippen MR) is 89.9 cm³/mol. The Labute approximate surface area is 153 Å². The van der Waals surface area contributed by atoms with Crippen molar-refractivity contribution >= 4 is 34.8 Å². The summed E-state index contributed by atoms with van der Waals surface area (Å²) in [5.74, 6) is -4.72. The van der Waals surface area contributed by atoms with Gasteiger partial charge in [-0.25, -0.2) is 18.7 Å². The van der Waals surface area contributed by atoms with Crippen LogP contribution in [0.3, 0.4) is 0 Å². The first kappa shape index (κ1) is 19.4. The van der Waals surface area contributed by atoms with Gasteiger partial charge in [-0.2, -0.15) is 0 Å². The molecule has 0 N–H and O–H groups in total. The van der Waals surface area contributed by atoms with Crippen molar-refractivity contribution in [2.75, 3.05) is 0 Å². The highest BCUT2D eigenvalue weighted by Crippen LogP contribution is 2.32. The van der Waals surface area contributed by atoms with E-state index in [1.807, 2.05) is 0 Å². The molecule has 25 heavy (non-hydrogen) atoms. The number of carbonyl (C=O) groups is 2. The number of Topliss-reactive ketones (excluding diaryl/α,β-unsaturated/α-hetero) is 2. The largest absolute Gasteiger partial charge is 0.298 e. The lowest BCUT2D eigenvalue weighted by Crippen LogP contribution is -2.39. The van der Waals surface area contributed by atoms with Crippen LogP contribution in [0.2, 0.25) is 10.3 Å². The lowest BCUT2D eigenvalue weighted by atomic mass is 9.74. The van der Waals surface area contributed by atoms with Gasteiger partial charge in [-0.15, -0.1) is 0 Å². The molecule has 0 bridgehead atoms. The second-order valence-electron chi connectivity index (χ2n) is 6.01. The lowest BCUT2D eigenvalue weighted by molar-refractivity contribution is -0.125. The molecule has 8 heteroatoms. The van der Waals surface area contributed by atoms with E-state index in [1.165, 1.54) is 32.9 Å². The number of rotatable bonds is 5. The average Bonchev–Trinajstić information content (AvgIpc) is 2.51. The van der Waals surface area contributed by atoms with Crippen LogP contribution >= 0.6 is 23.2 Å². The van der Waals surface area contributed by atoms with Crippen LogP contribution in [0.5, 0.6) is 0 Å². The molecular weight excluding hydrogens is 373 g/mol. The van der Waals surface area contributed by atoms with Crippen LogP contribution in [0, 0.1) is 17.6 Å². The molecule has 0 aliphatic heterocycles. The highest BCUT2D eigenvalue weighted by atomic mass is 35.5. The first-order chi connectivity index (χ1) is 11.6. The fourth-order valence-corrected chi connectivity index (χ4v) is 3.00. The van der Waals surface area contributed by atoms with Gasteiger partial charge in [0.2, 0.25) is 5.78 Å². The Morgan fingerprint density at radius 2 is 1.56 bits per heavy atom. The van der Waals surface area contributed by atoms with Crippen LogP contribution in [0.15, 0.2) is 24.3 Å². The summed E-state index contributed by atoms with van der Waals surface area (Å²) in [4.78, 5) is 32.8. The van der Waals surface area contributed by atoms with Gasteiger partial charge in [0.25, 0.3) is 0 Å². The molecule has 0 fully saturated rings. The molecule has 2 rings (SSSR count). The highest BCUT2D eigenvalue weighted by molar-refractivity contribution is 6.33. The van der Waals surface area contributed by atoms with Crippen molar-refractivity contribution in [1.82, 2.24) is 9.97 Å². The van der Waals surface area contributed by atoms with Crippen molar-refractivity contribution < 1.29 is 18.4 Å². The van der Waals surface area contributed by atoms with Crippen LogP contribution in [0.1, 0.15) is 37.0 Å². The molecule has 0 radical (unpaired) electrons. The molecule has 2 aromatic rings. The van der Waals surface area contributed by atoms with Gasteiger partial charge >= 0.3 is 0 Å². The van der Waals surface area contributed by atoms with Crippen LogP contribution in [0.25, 0.3) is 0 Å². The van der Waals surface area contributed by atoms with Gasteiger partial charge in [0.1, 0.15) is 21.9 Å². The second-order valence-corrected chi connectivity index (χ2v) is 6.78. The van der Waals surface area contributed by atoms with Gasteiger partial charge in [0.15, 0.2) is 11.6 Å². The molecule has 4 nitrogen and oxygen atoms in total. The molecule has 1 aromatic heterocycles. The fourth-order valence-electron chi connectivity index (χ4n) is 2.57. The Bertz CT molecular complexity index is 816. The second kappa shape index (κ2) is 7.14. The maximum atomic E-state index is 14.1. The first-order valence-corrected chi connectivity index (χ1v) is 8.04. The van der Waals surface area contributed by atoms with Gasteiger partial charge in [-0.3, -0.25) is 9.59 Å². The molecule has 0 aliphatic carbocycles. The Balaban J connectivity index is 2.39. The van der Waals surface area contributed by atoms with E-state index in [-0.39, 0.29) is 16.1 Å². The molecule has 1 aromatic carbocycles. The summed E-state index contributed by atoms with van der Waals surface area (Å²) in [5, 5.41) is -0.107. The standard InChI is InChI=1S/C17H14Cl2F2N2O2/c1-8(14(24)16-22-11(18)7-12(19)23-16)15(25)17(2,3)13-9(20)5-4-6-10(13)21/h4-8H,1-3H3. The van der Waals surface area contributed by atoms with Crippen molar-refractivity contribution in [2.24, 2.45) is 5.92 Å². The zero-order valence-corrected chi connectivity index (χ0v) is 15.1. The topological polar surface area (TPSA) is 59.9 Å². The molecule has 1 atom stereocenters. The molecule has 0 aliphatic rings. The molecule has 132 valence electrons. The summed E-state index contributed by atoms with van der Waals surface area (Å²) in [5.41, 5.74) is -1.97. The van der Waals surface area contributed by atoms with Crippen LogP contribution in [-0.4, -0.2) is 21.5 Å². The smallest absolute Gasteiger partial charge is 0.210 e. The van der Waals surface area contributed by atoms with Gasteiger partial charge in [-0.05, 0) is 32.9 Å². The number of ketones is 2. The van der Waals surface area contributed by atoms with Crippen molar-refractivity contribution in [3.8, 4) is 0 Å². The highest BCUT2D eigenvalue weighted by Gasteiger charge is 2.40. The third kappa shape index (κ3) is 3.85. The Morgan fingerprint density at radius 3 is 2.04 bits per heavy atom. The molecule has 0 spiro atoms. The Hall–Kier alpha value is -1.92. The van der Waals surface area contributed by atoms with E-state index in [0.717, 1.165) is 12.1 Å². The van der Waals surface area contributed by atoms with Crippen LogP contribution < -0.4 is 0 Å². The van der Waals surface area contributed by atoms with Gasteiger partial charge < -0.3 is 0 Å². The van der Waals surface area contributed by atoms with Crippen LogP contribution in [-0.2, 0) is 10.2 Å². The summed E-state index contributed by atoms with van der Waals surface area (Å²) in [7, 11) is 0. The van der Waals surface area contributed by atoms with E-state index in [1.54, 1.807) is 0 Å². The van der Waals surface area contributed by atoms with Crippen molar-refractivity contribution in [2.45, 2.75) is 26.2 Å². The lowest BCUT2D eigenvalue weighted by Gasteiger charge is -2.27. The molecular formula is C17H14Cl2F2N2O2. The van der Waals surface area contributed by atoms with Gasteiger partial charge in [-0.1, -0.05) is 29.3 Å². The minimum atomic E-state index is -1.58. The summed E-state index contributed by atoms with van der Waals surface area (Å²) in [6.45, 7) is 4.03. The van der Waals surface area contributed by atoms with E-state index in [9.17, 15) is 18.4 Å². The minimum Gasteiger partial charge on any atom is -0.298 e. The number of nitrogens with zero attached hydrogens (tertiary/aromatic N) is 2. The molecule has 1 heterocycles. The molecule has 0 amide bonds. The third-order valence-corrected chi connectivity index (χ3v) is 4.26. The normalized spacial score (nSPS) is 12.8. The third-order valence-electron chi connectivity index (χ3n) is 3.87. The average molecular weight is 387 g/mol. The zero-order chi connectivity index (χ0) is 18.9. The number of halogens is 4. The number of benzene rings is 1. The molecule has 0 saturated heterocycles. The Kier molecular flexibility index (Phi) is 5.54. The number of hydrogen-bond donors (Lipinski definition) is 0. The minimum absolute atomic E-state index is 0.0533. The number of aromatic nitrogens is 2. The number of carbonyl (C=O) groups excluding carboxylic acids is 2. The quantitative estimate of drug-likeness (QED) is 0.433. The summed E-state index contributed by atoms with van der Waals surface area (Å²) in [6, 6.07) is 4.55. The maximum absolute atomic E-state index is 14.1. The molecule has 1 unspecified atom stereocenters. The summed E-state index contributed by atoms with van der Waals surface area (Å²) < 4.78 is 28.1. The summed E-state index contributed by atoms with van der Waals surface area (Å²) >= 11 is 11.5. The predicted octanol–water partition coefficient (Wildman–Crippen LogP) is 4.43. The van der Waals surface area contributed by atoms with Crippen molar-refractivity contribution in [1.29, 1.82) is 0 Å². The summed E-state index contributed by atoms with van der Waals surface area (Å²) in [6.07, 6.45) is 0. The van der Waals surface area contributed by atoms with Crippen molar-refractivity contribution in [3.05, 3.63) is 57.6 Å². The van der Waals surface area contributed by atoms with E-state index in [4.69, 9.17) is 23.2 Å². The number of hydrogen-bond acceptors (Lipinski definition) is 4. The fraction of sp³-hybridized carbons (Fsp3) is 0.294. The first-order valence-electron chi connectivity index (χ1n) is 7.28. The van der Waals surface area contributed by atoms with Crippen molar-refractivity contribution in [3.63, 3.8) is 0 Å². The van der Waals surface area contributed by atoms with Gasteiger partial charge in [0.05, 0.1) is 11.3 Å².